The Labute approximate surface area is 144 Å². The fraction of sp³-hybridized carbons (Fsp3) is 0.938. The second-order valence-electron chi connectivity index (χ2n) is 7.33. The van der Waals surface area contributed by atoms with E-state index in [9.17, 15) is 8.42 Å². The minimum absolute atomic E-state index is 0.287. The molecule has 2 bridgehead atoms. The first-order chi connectivity index (χ1) is 11.6. The second kappa shape index (κ2) is 6.46. The number of aliphatic imine (C=N–C) groups is 1. The molecule has 0 aromatic heterocycles. The van der Waals surface area contributed by atoms with Crippen LogP contribution in [-0.2, 0) is 14.8 Å². The summed E-state index contributed by atoms with van der Waals surface area (Å²) < 4.78 is 31.4. The molecular weight excluding hydrogens is 328 g/mol. The first-order valence-corrected chi connectivity index (χ1v) is 10.9. The van der Waals surface area contributed by atoms with Crippen molar-refractivity contribution in [3.05, 3.63) is 0 Å². The van der Waals surface area contributed by atoms with Crippen LogP contribution in [0.2, 0.25) is 0 Å². The van der Waals surface area contributed by atoms with E-state index >= 15 is 0 Å². The number of guanidine groups is 1. The predicted molar refractivity (Wildman–Crippen MR) is 92.4 cm³/mol. The molecule has 136 valence electrons. The summed E-state index contributed by atoms with van der Waals surface area (Å²) in [6.45, 7) is 6.59. The van der Waals surface area contributed by atoms with Crippen molar-refractivity contribution in [1.29, 1.82) is 0 Å². The normalized spacial score (nSPS) is 38.0. The van der Waals surface area contributed by atoms with E-state index in [1.165, 1.54) is 12.8 Å². The average Bonchev–Trinajstić information content (AvgIpc) is 3.27. The molecular formula is C16H28N4O3S. The molecule has 0 saturated carbocycles. The van der Waals surface area contributed by atoms with Crippen LogP contribution in [0.4, 0.5) is 0 Å². The molecule has 1 N–H and O–H groups in total. The molecule has 0 aromatic carbocycles. The number of rotatable bonds is 4. The average molecular weight is 356 g/mol. The van der Waals surface area contributed by atoms with Crippen LogP contribution in [0.1, 0.15) is 26.2 Å². The van der Waals surface area contributed by atoms with Gasteiger partial charge in [-0.05, 0) is 26.2 Å². The fourth-order valence-electron chi connectivity index (χ4n) is 4.77. The Balaban J connectivity index is 1.38. The number of hydrogen-bond donors (Lipinski definition) is 1. The van der Waals surface area contributed by atoms with Gasteiger partial charge in [0.1, 0.15) is 0 Å². The number of hydrogen-bond acceptors (Lipinski definition) is 4. The molecule has 4 heterocycles. The van der Waals surface area contributed by atoms with Crippen LogP contribution >= 0.6 is 0 Å². The van der Waals surface area contributed by atoms with Crippen molar-refractivity contribution in [1.82, 2.24) is 14.5 Å². The molecule has 0 spiro atoms. The summed E-state index contributed by atoms with van der Waals surface area (Å²) in [5.74, 6) is 2.51. The van der Waals surface area contributed by atoms with Crippen molar-refractivity contribution in [3.63, 3.8) is 0 Å². The van der Waals surface area contributed by atoms with Gasteiger partial charge in [0.15, 0.2) is 5.96 Å². The monoisotopic (exact) mass is 356 g/mol. The first kappa shape index (κ1) is 16.6. The summed E-state index contributed by atoms with van der Waals surface area (Å²) >= 11 is 0. The van der Waals surface area contributed by atoms with Crippen LogP contribution in [-0.4, -0.2) is 80.8 Å². The lowest BCUT2D eigenvalue weighted by Gasteiger charge is -2.23. The molecule has 4 aliphatic heterocycles. The van der Waals surface area contributed by atoms with E-state index < -0.39 is 10.0 Å². The van der Waals surface area contributed by atoms with Crippen LogP contribution in [0, 0.1) is 11.8 Å². The molecule has 4 atom stereocenters. The molecule has 4 fully saturated rings. The Bertz CT molecular complexity index is 590. The second-order valence-corrected chi connectivity index (χ2v) is 9.42. The van der Waals surface area contributed by atoms with Gasteiger partial charge in [-0.1, -0.05) is 0 Å². The van der Waals surface area contributed by atoms with Crippen molar-refractivity contribution in [2.75, 3.05) is 45.0 Å². The number of ether oxygens (including phenoxy) is 1. The van der Waals surface area contributed by atoms with Gasteiger partial charge in [-0.3, -0.25) is 4.99 Å². The van der Waals surface area contributed by atoms with Crippen LogP contribution < -0.4 is 5.32 Å². The van der Waals surface area contributed by atoms with Crippen molar-refractivity contribution in [2.45, 2.75) is 38.4 Å². The molecule has 4 unspecified atom stereocenters. The predicted octanol–water partition coefficient (Wildman–Crippen LogP) is 0.0966. The molecule has 4 aliphatic rings. The highest BCUT2D eigenvalue weighted by Crippen LogP contribution is 2.47. The van der Waals surface area contributed by atoms with Gasteiger partial charge < -0.3 is 15.0 Å². The molecule has 4 rings (SSSR count). The number of likely N-dealkylation sites (tertiary alicyclic amines) is 1. The number of sulfonamides is 1. The Morgan fingerprint density at radius 1 is 1.25 bits per heavy atom. The van der Waals surface area contributed by atoms with E-state index in [4.69, 9.17) is 9.73 Å². The van der Waals surface area contributed by atoms with Crippen LogP contribution in [0.25, 0.3) is 0 Å². The van der Waals surface area contributed by atoms with Gasteiger partial charge in [0.05, 0.1) is 24.5 Å². The third kappa shape index (κ3) is 2.93. The topological polar surface area (TPSA) is 74.2 Å². The van der Waals surface area contributed by atoms with Crippen molar-refractivity contribution in [2.24, 2.45) is 16.8 Å². The summed E-state index contributed by atoms with van der Waals surface area (Å²) in [4.78, 5) is 7.06. The molecule has 4 saturated heterocycles. The van der Waals surface area contributed by atoms with E-state index in [0.717, 1.165) is 32.0 Å². The summed E-state index contributed by atoms with van der Waals surface area (Å²) in [5.41, 5.74) is 0. The fourth-order valence-corrected chi connectivity index (χ4v) is 6.29. The van der Waals surface area contributed by atoms with Crippen LogP contribution in [0.3, 0.4) is 0 Å². The van der Waals surface area contributed by atoms with Gasteiger partial charge in [0, 0.05) is 44.6 Å². The van der Waals surface area contributed by atoms with Crippen molar-refractivity contribution < 1.29 is 13.2 Å². The molecule has 7 nitrogen and oxygen atoms in total. The van der Waals surface area contributed by atoms with Crippen LogP contribution in [0.15, 0.2) is 4.99 Å². The van der Waals surface area contributed by atoms with Gasteiger partial charge in [-0.15, -0.1) is 0 Å². The lowest BCUT2D eigenvalue weighted by atomic mass is 9.82. The van der Waals surface area contributed by atoms with Gasteiger partial charge in [-0.25, -0.2) is 12.7 Å². The summed E-state index contributed by atoms with van der Waals surface area (Å²) in [6.07, 6.45) is 4.05. The quantitative estimate of drug-likeness (QED) is 0.571. The molecule has 0 amide bonds. The molecule has 0 radical (unpaired) electrons. The van der Waals surface area contributed by atoms with Crippen molar-refractivity contribution >= 4 is 16.0 Å². The summed E-state index contributed by atoms with van der Waals surface area (Å²) in [7, 11) is -3.02. The van der Waals surface area contributed by atoms with E-state index in [0.29, 0.717) is 43.7 Å². The molecule has 0 aromatic rings. The summed E-state index contributed by atoms with van der Waals surface area (Å²) in [5, 5.41) is 3.38. The highest BCUT2D eigenvalue weighted by Gasteiger charge is 2.53. The molecule has 8 heteroatoms. The lowest BCUT2D eigenvalue weighted by molar-refractivity contribution is 0.0767. The number of nitrogens with zero attached hydrogens (tertiary/aromatic N) is 3. The Kier molecular flexibility index (Phi) is 4.47. The van der Waals surface area contributed by atoms with Gasteiger partial charge >= 0.3 is 0 Å². The SMILES string of the molecule is CCNC(=NCCN1CCCS1(=O)=O)N1CC2C3CCC(O3)C2C1. The third-order valence-corrected chi connectivity index (χ3v) is 7.86. The third-order valence-electron chi connectivity index (χ3n) is 5.90. The zero-order valence-electron chi connectivity index (χ0n) is 14.4. The van der Waals surface area contributed by atoms with E-state index in [1.807, 2.05) is 0 Å². The first-order valence-electron chi connectivity index (χ1n) is 9.25. The van der Waals surface area contributed by atoms with Gasteiger partial charge in [0.2, 0.25) is 10.0 Å². The van der Waals surface area contributed by atoms with E-state index in [1.54, 1.807) is 4.31 Å². The smallest absolute Gasteiger partial charge is 0.214 e. The van der Waals surface area contributed by atoms with Crippen LogP contribution in [0.5, 0.6) is 0 Å². The van der Waals surface area contributed by atoms with E-state index in [2.05, 4.69) is 17.1 Å². The molecule has 24 heavy (non-hydrogen) atoms. The van der Waals surface area contributed by atoms with E-state index in [-0.39, 0.29) is 5.75 Å². The Hall–Kier alpha value is -0.860. The molecule has 0 aliphatic carbocycles. The minimum Gasteiger partial charge on any atom is -0.374 e. The highest BCUT2D eigenvalue weighted by molar-refractivity contribution is 7.89. The van der Waals surface area contributed by atoms with Gasteiger partial charge in [-0.2, -0.15) is 0 Å². The standard InChI is InChI=1S/C16H28N4O3S/c1-2-17-16(18-6-8-20-7-3-9-24(20,21)22)19-10-12-13(11-19)15-5-4-14(12)23-15/h12-15H,2-11H2,1H3,(H,17,18). The Morgan fingerprint density at radius 3 is 2.54 bits per heavy atom. The minimum atomic E-state index is -3.02. The Morgan fingerprint density at radius 2 is 1.96 bits per heavy atom. The maximum Gasteiger partial charge on any atom is 0.214 e. The summed E-state index contributed by atoms with van der Waals surface area (Å²) in [6, 6.07) is 0. The maximum atomic E-state index is 11.9. The zero-order valence-corrected chi connectivity index (χ0v) is 15.2. The lowest BCUT2D eigenvalue weighted by Crippen LogP contribution is -2.42. The van der Waals surface area contributed by atoms with Gasteiger partial charge in [0.25, 0.3) is 0 Å². The highest BCUT2D eigenvalue weighted by atomic mass is 32.2. The zero-order chi connectivity index (χ0) is 16.7. The maximum absolute atomic E-state index is 11.9. The largest absolute Gasteiger partial charge is 0.374 e. The number of fused-ring (bicyclic) bond motifs is 5. The number of nitrogens with one attached hydrogen (secondary N) is 1. The van der Waals surface area contributed by atoms with Crippen molar-refractivity contribution in [3.8, 4) is 0 Å².